The summed E-state index contributed by atoms with van der Waals surface area (Å²) in [5, 5.41) is 21.8. The summed E-state index contributed by atoms with van der Waals surface area (Å²) in [7, 11) is 0. The van der Waals surface area contributed by atoms with Crippen molar-refractivity contribution in [2.45, 2.75) is 0 Å². The van der Waals surface area contributed by atoms with E-state index in [0.29, 0.717) is 20.1 Å². The Kier molecular flexibility index (Phi) is 7.52. The topological polar surface area (TPSA) is 40.5 Å². The van der Waals surface area contributed by atoms with Gasteiger partial charge in [0.05, 0.1) is 0 Å². The molecule has 0 aliphatic carbocycles. The van der Waals surface area contributed by atoms with Gasteiger partial charge in [0.1, 0.15) is 11.5 Å². The Bertz CT molecular complexity index is 1050. The second-order valence-electron chi connectivity index (χ2n) is 6.34. The lowest BCUT2D eigenvalue weighted by atomic mass is 10.1. The Balaban J connectivity index is 0.000000171. The number of rotatable bonds is 2. The largest absolute Gasteiger partial charge is 0.507 e. The zero-order chi connectivity index (χ0) is 21.7. The van der Waals surface area contributed by atoms with Gasteiger partial charge in [-0.15, -0.1) is 0 Å². The molecule has 0 heterocycles. The van der Waals surface area contributed by atoms with E-state index in [1.165, 1.54) is 12.1 Å². The van der Waals surface area contributed by atoms with Crippen molar-refractivity contribution in [2.24, 2.45) is 0 Å². The highest BCUT2D eigenvalue weighted by molar-refractivity contribution is 6.31. The van der Waals surface area contributed by atoms with Crippen molar-refractivity contribution in [1.82, 2.24) is 0 Å². The number of aromatic hydroxyl groups is 2. The minimum absolute atomic E-state index is 0.171. The van der Waals surface area contributed by atoms with Crippen molar-refractivity contribution >= 4 is 46.4 Å². The summed E-state index contributed by atoms with van der Waals surface area (Å²) in [5.74, 6) is 0.342. The molecule has 0 radical (unpaired) electrons. The molecule has 152 valence electrons. The van der Waals surface area contributed by atoms with Crippen LogP contribution in [-0.2, 0) is 0 Å². The summed E-state index contributed by atoms with van der Waals surface area (Å²) in [6.45, 7) is 0. The molecule has 0 saturated carbocycles. The minimum atomic E-state index is 0.171. The maximum atomic E-state index is 9.70. The molecule has 0 unspecified atom stereocenters. The molecule has 0 atom stereocenters. The lowest BCUT2D eigenvalue weighted by Crippen LogP contribution is -1.78. The predicted molar refractivity (Wildman–Crippen MR) is 127 cm³/mol. The molecule has 2 N–H and O–H groups in total. The number of halogens is 4. The first-order valence-corrected chi connectivity index (χ1v) is 10.3. The fourth-order valence-electron chi connectivity index (χ4n) is 2.76. The smallest absolute Gasteiger partial charge is 0.124 e. The summed E-state index contributed by atoms with van der Waals surface area (Å²) < 4.78 is 0. The number of benzene rings is 4. The average Bonchev–Trinajstić information content (AvgIpc) is 2.70. The Morgan fingerprint density at radius 1 is 0.400 bits per heavy atom. The Morgan fingerprint density at radius 3 is 1.00 bits per heavy atom. The zero-order valence-corrected chi connectivity index (χ0v) is 18.5. The van der Waals surface area contributed by atoms with Crippen LogP contribution in [0.5, 0.6) is 11.5 Å². The molecule has 2 nitrogen and oxygen atoms in total. The molecule has 0 bridgehead atoms. The van der Waals surface area contributed by atoms with Crippen LogP contribution < -0.4 is 0 Å². The first-order valence-electron chi connectivity index (χ1n) is 8.82. The van der Waals surface area contributed by atoms with E-state index in [1.807, 2.05) is 24.3 Å². The molecule has 4 aromatic rings. The van der Waals surface area contributed by atoms with Crippen LogP contribution in [0.25, 0.3) is 22.3 Å². The highest BCUT2D eigenvalue weighted by Gasteiger charge is 2.05. The SMILES string of the molecule is Oc1cc(Cl)ccc1-c1ccc(Cl)cc1.Oc1cc(Cl)ccc1-c1ccc(Cl)cc1. The maximum Gasteiger partial charge on any atom is 0.124 e. The van der Waals surface area contributed by atoms with E-state index in [4.69, 9.17) is 46.4 Å². The highest BCUT2D eigenvalue weighted by atomic mass is 35.5. The van der Waals surface area contributed by atoms with Gasteiger partial charge in [-0.25, -0.2) is 0 Å². The standard InChI is InChI=1S/2C12H8Cl2O/c2*13-9-3-1-8(2-4-9)11-6-5-10(14)7-12(11)15/h2*1-7,15H. The van der Waals surface area contributed by atoms with E-state index in [2.05, 4.69) is 0 Å². The molecule has 0 aliphatic rings. The molecule has 0 saturated heterocycles. The molecule has 6 heteroatoms. The average molecular weight is 478 g/mol. The molecule has 0 aromatic heterocycles. The fourth-order valence-corrected chi connectivity index (χ4v) is 3.34. The quantitative estimate of drug-likeness (QED) is 0.303. The van der Waals surface area contributed by atoms with Gasteiger partial charge in [-0.3, -0.25) is 0 Å². The second-order valence-corrected chi connectivity index (χ2v) is 8.08. The first-order chi connectivity index (χ1) is 14.3. The van der Waals surface area contributed by atoms with E-state index in [-0.39, 0.29) is 11.5 Å². The van der Waals surface area contributed by atoms with Crippen LogP contribution in [0.4, 0.5) is 0 Å². The van der Waals surface area contributed by atoms with Gasteiger partial charge in [-0.1, -0.05) is 70.7 Å². The molecule has 4 aromatic carbocycles. The van der Waals surface area contributed by atoms with Gasteiger partial charge in [0.15, 0.2) is 0 Å². The lowest BCUT2D eigenvalue weighted by molar-refractivity contribution is 0.477. The van der Waals surface area contributed by atoms with Crippen LogP contribution in [0, 0.1) is 0 Å². The van der Waals surface area contributed by atoms with Crippen molar-refractivity contribution in [3.63, 3.8) is 0 Å². The van der Waals surface area contributed by atoms with Crippen LogP contribution in [0.3, 0.4) is 0 Å². The van der Waals surface area contributed by atoms with Gasteiger partial charge in [0, 0.05) is 31.2 Å². The Morgan fingerprint density at radius 2 is 0.700 bits per heavy atom. The van der Waals surface area contributed by atoms with Gasteiger partial charge in [0.25, 0.3) is 0 Å². The summed E-state index contributed by atoms with van der Waals surface area (Å²) >= 11 is 23.1. The lowest BCUT2D eigenvalue weighted by Gasteiger charge is -2.04. The van der Waals surface area contributed by atoms with Gasteiger partial charge in [-0.2, -0.15) is 0 Å². The van der Waals surface area contributed by atoms with Crippen molar-refractivity contribution in [3.05, 3.63) is 105 Å². The third-order valence-electron chi connectivity index (χ3n) is 4.23. The van der Waals surface area contributed by atoms with E-state index in [9.17, 15) is 10.2 Å². The number of phenolic OH excluding ortho intramolecular Hbond substituents is 2. The van der Waals surface area contributed by atoms with Gasteiger partial charge >= 0.3 is 0 Å². The molecular formula is C24H16Cl4O2. The molecule has 0 fully saturated rings. The monoisotopic (exact) mass is 476 g/mol. The molecule has 30 heavy (non-hydrogen) atoms. The Hall–Kier alpha value is -2.36. The Labute approximate surface area is 194 Å². The number of hydrogen-bond acceptors (Lipinski definition) is 2. The second kappa shape index (κ2) is 10.1. The summed E-state index contributed by atoms with van der Waals surface area (Å²) in [6.07, 6.45) is 0. The third kappa shape index (κ3) is 5.84. The molecule has 4 rings (SSSR count). The zero-order valence-electron chi connectivity index (χ0n) is 15.5. The first kappa shape index (κ1) is 22.3. The molecule has 0 amide bonds. The van der Waals surface area contributed by atoms with Crippen molar-refractivity contribution < 1.29 is 10.2 Å². The van der Waals surface area contributed by atoms with Gasteiger partial charge in [-0.05, 0) is 71.8 Å². The van der Waals surface area contributed by atoms with Gasteiger partial charge < -0.3 is 10.2 Å². The molecule has 0 aliphatic heterocycles. The number of phenols is 2. The summed E-state index contributed by atoms with van der Waals surface area (Å²) in [5.41, 5.74) is 3.31. The van der Waals surface area contributed by atoms with Crippen LogP contribution in [0.1, 0.15) is 0 Å². The summed E-state index contributed by atoms with van der Waals surface area (Å²) in [6, 6.07) is 24.6. The summed E-state index contributed by atoms with van der Waals surface area (Å²) in [4.78, 5) is 0. The normalized spacial score (nSPS) is 10.3. The predicted octanol–water partition coefficient (Wildman–Crippen LogP) is 8.73. The highest BCUT2D eigenvalue weighted by Crippen LogP contribution is 2.33. The van der Waals surface area contributed by atoms with Crippen LogP contribution in [0.15, 0.2) is 84.9 Å². The molecular weight excluding hydrogens is 462 g/mol. The van der Waals surface area contributed by atoms with Crippen molar-refractivity contribution in [3.8, 4) is 33.8 Å². The maximum absolute atomic E-state index is 9.70. The fraction of sp³-hybridized carbons (Fsp3) is 0. The van der Waals surface area contributed by atoms with Crippen LogP contribution in [0.2, 0.25) is 20.1 Å². The van der Waals surface area contributed by atoms with E-state index < -0.39 is 0 Å². The minimum Gasteiger partial charge on any atom is -0.507 e. The number of hydrogen-bond donors (Lipinski definition) is 2. The third-order valence-corrected chi connectivity index (χ3v) is 5.20. The van der Waals surface area contributed by atoms with Crippen LogP contribution in [-0.4, -0.2) is 10.2 Å². The molecule has 0 spiro atoms. The van der Waals surface area contributed by atoms with E-state index in [0.717, 1.165) is 22.3 Å². The van der Waals surface area contributed by atoms with E-state index >= 15 is 0 Å². The van der Waals surface area contributed by atoms with Crippen molar-refractivity contribution in [1.29, 1.82) is 0 Å². The van der Waals surface area contributed by atoms with Gasteiger partial charge in [0.2, 0.25) is 0 Å². The van der Waals surface area contributed by atoms with E-state index in [1.54, 1.807) is 48.5 Å². The van der Waals surface area contributed by atoms with Crippen LogP contribution >= 0.6 is 46.4 Å². The van der Waals surface area contributed by atoms with Crippen molar-refractivity contribution in [2.75, 3.05) is 0 Å².